The maximum absolute atomic E-state index is 5.93. The van der Waals surface area contributed by atoms with Crippen molar-refractivity contribution in [3.63, 3.8) is 0 Å². The van der Waals surface area contributed by atoms with E-state index in [0.717, 1.165) is 31.7 Å². The number of hydrogen-bond acceptors (Lipinski definition) is 4. The lowest BCUT2D eigenvalue weighted by Crippen LogP contribution is -2.40. The van der Waals surface area contributed by atoms with E-state index >= 15 is 0 Å². The van der Waals surface area contributed by atoms with Crippen molar-refractivity contribution in [1.29, 1.82) is 0 Å². The molecular weight excluding hydrogens is 326 g/mol. The van der Waals surface area contributed by atoms with Crippen molar-refractivity contribution in [2.24, 2.45) is 11.8 Å². The molecule has 148 valence electrons. The van der Waals surface area contributed by atoms with Crippen molar-refractivity contribution in [2.75, 3.05) is 6.61 Å². The second-order valence-electron chi connectivity index (χ2n) is 8.56. The number of nitrogens with zero attached hydrogens (tertiary/aromatic N) is 1. The van der Waals surface area contributed by atoms with Crippen LogP contribution >= 0.6 is 0 Å². The Morgan fingerprint density at radius 2 is 1.69 bits per heavy atom. The summed E-state index contributed by atoms with van der Waals surface area (Å²) in [4.78, 5) is 4.49. The second kappa shape index (κ2) is 10.3. The SMILES string of the molecule is CC(COC(C)C)CC(C)Cc1ccc(OC2CC(OC(C)C)C2)nc1. The molecule has 0 radical (unpaired) electrons. The largest absolute Gasteiger partial charge is 0.474 e. The summed E-state index contributed by atoms with van der Waals surface area (Å²) in [6.07, 6.45) is 7.32. The summed E-state index contributed by atoms with van der Waals surface area (Å²) in [5, 5.41) is 0. The van der Waals surface area contributed by atoms with Crippen LogP contribution in [0.1, 0.15) is 66.4 Å². The Kier molecular flexibility index (Phi) is 8.36. The van der Waals surface area contributed by atoms with E-state index in [1.807, 2.05) is 12.3 Å². The van der Waals surface area contributed by atoms with Crippen LogP contribution < -0.4 is 4.74 Å². The van der Waals surface area contributed by atoms with E-state index in [4.69, 9.17) is 14.2 Å². The minimum atomic E-state index is 0.248. The Balaban J connectivity index is 1.69. The third-order valence-corrected chi connectivity index (χ3v) is 4.70. The van der Waals surface area contributed by atoms with E-state index in [-0.39, 0.29) is 6.10 Å². The highest BCUT2D eigenvalue weighted by Gasteiger charge is 2.32. The molecule has 26 heavy (non-hydrogen) atoms. The van der Waals surface area contributed by atoms with Crippen molar-refractivity contribution < 1.29 is 14.2 Å². The van der Waals surface area contributed by atoms with Gasteiger partial charge in [-0.25, -0.2) is 4.98 Å². The van der Waals surface area contributed by atoms with Gasteiger partial charge in [0.1, 0.15) is 6.10 Å². The predicted molar refractivity (Wildman–Crippen MR) is 106 cm³/mol. The van der Waals surface area contributed by atoms with Gasteiger partial charge in [-0.2, -0.15) is 0 Å². The fraction of sp³-hybridized carbons (Fsp3) is 0.773. The van der Waals surface area contributed by atoms with Gasteiger partial charge in [-0.3, -0.25) is 0 Å². The third kappa shape index (κ3) is 7.63. The van der Waals surface area contributed by atoms with E-state index in [0.29, 0.717) is 30.1 Å². The zero-order valence-electron chi connectivity index (χ0n) is 17.4. The van der Waals surface area contributed by atoms with Gasteiger partial charge in [-0.1, -0.05) is 19.9 Å². The zero-order chi connectivity index (χ0) is 19.1. The Hall–Kier alpha value is -1.13. The van der Waals surface area contributed by atoms with Crippen molar-refractivity contribution in [1.82, 2.24) is 4.98 Å². The third-order valence-electron chi connectivity index (χ3n) is 4.70. The Morgan fingerprint density at radius 3 is 2.27 bits per heavy atom. The molecule has 0 aromatic carbocycles. The van der Waals surface area contributed by atoms with Gasteiger partial charge in [0, 0.05) is 31.7 Å². The monoisotopic (exact) mass is 363 g/mol. The van der Waals surface area contributed by atoms with E-state index in [1.165, 1.54) is 12.0 Å². The summed E-state index contributed by atoms with van der Waals surface area (Å²) in [7, 11) is 0. The molecule has 1 aliphatic carbocycles. The number of hydrogen-bond donors (Lipinski definition) is 0. The molecule has 0 bridgehead atoms. The normalized spacial score (nSPS) is 22.3. The molecule has 2 rings (SSSR count). The molecule has 1 aromatic rings. The van der Waals surface area contributed by atoms with Gasteiger partial charge in [0.25, 0.3) is 0 Å². The van der Waals surface area contributed by atoms with E-state index < -0.39 is 0 Å². The topological polar surface area (TPSA) is 40.6 Å². The fourth-order valence-corrected chi connectivity index (χ4v) is 3.48. The number of rotatable bonds is 11. The summed E-state index contributed by atoms with van der Waals surface area (Å²) in [5.74, 6) is 1.94. The van der Waals surface area contributed by atoms with Gasteiger partial charge >= 0.3 is 0 Å². The quantitative estimate of drug-likeness (QED) is 0.552. The Labute approximate surface area is 159 Å². The number of pyridine rings is 1. The standard InChI is InChI=1S/C22H37NO3/c1-15(2)24-14-18(6)9-17(5)10-19-7-8-22(23-13-19)26-21-11-20(12-21)25-16(3)4/h7-8,13,15-18,20-21H,9-12,14H2,1-6H3. The van der Waals surface area contributed by atoms with E-state index in [1.54, 1.807) is 0 Å². The van der Waals surface area contributed by atoms with Crippen LogP contribution in [-0.4, -0.2) is 36.0 Å². The lowest BCUT2D eigenvalue weighted by Gasteiger charge is -2.35. The van der Waals surface area contributed by atoms with E-state index in [2.05, 4.69) is 52.6 Å². The summed E-state index contributed by atoms with van der Waals surface area (Å²) in [6, 6.07) is 4.15. The summed E-state index contributed by atoms with van der Waals surface area (Å²) in [5.41, 5.74) is 1.27. The molecule has 4 heteroatoms. The van der Waals surface area contributed by atoms with Crippen molar-refractivity contribution >= 4 is 0 Å². The van der Waals surface area contributed by atoms with Crippen molar-refractivity contribution in [2.45, 2.75) is 91.6 Å². The first-order valence-electron chi connectivity index (χ1n) is 10.2. The van der Waals surface area contributed by atoms with Crippen molar-refractivity contribution in [3.8, 4) is 5.88 Å². The highest BCUT2D eigenvalue weighted by Crippen LogP contribution is 2.28. The molecule has 2 atom stereocenters. The highest BCUT2D eigenvalue weighted by atomic mass is 16.5. The molecule has 0 amide bonds. The molecule has 1 heterocycles. The second-order valence-corrected chi connectivity index (χ2v) is 8.56. The molecule has 1 aliphatic rings. The molecule has 1 aromatic heterocycles. The van der Waals surface area contributed by atoms with Gasteiger partial charge in [0.2, 0.25) is 5.88 Å². The van der Waals surface area contributed by atoms with Gasteiger partial charge in [0.15, 0.2) is 0 Å². The smallest absolute Gasteiger partial charge is 0.213 e. The van der Waals surface area contributed by atoms with Crippen LogP contribution in [0.15, 0.2) is 18.3 Å². The molecule has 0 spiro atoms. The average Bonchev–Trinajstić information content (AvgIpc) is 2.52. The minimum Gasteiger partial charge on any atom is -0.474 e. The van der Waals surface area contributed by atoms with Crippen molar-refractivity contribution in [3.05, 3.63) is 23.9 Å². The van der Waals surface area contributed by atoms with Gasteiger partial charge in [0.05, 0.1) is 18.3 Å². The molecule has 0 aliphatic heterocycles. The van der Waals surface area contributed by atoms with Gasteiger partial charge in [-0.15, -0.1) is 0 Å². The molecular formula is C22H37NO3. The lowest BCUT2D eigenvalue weighted by atomic mass is 9.91. The van der Waals surface area contributed by atoms with Crippen LogP contribution in [0.4, 0.5) is 0 Å². The number of aromatic nitrogens is 1. The van der Waals surface area contributed by atoms with Crippen LogP contribution in [0.25, 0.3) is 0 Å². The predicted octanol–water partition coefficient (Wildman–Crippen LogP) is 5.05. The average molecular weight is 364 g/mol. The van der Waals surface area contributed by atoms with Crippen LogP contribution in [-0.2, 0) is 15.9 Å². The Morgan fingerprint density at radius 1 is 0.962 bits per heavy atom. The minimum absolute atomic E-state index is 0.248. The summed E-state index contributed by atoms with van der Waals surface area (Å²) < 4.78 is 17.4. The van der Waals surface area contributed by atoms with E-state index in [9.17, 15) is 0 Å². The first-order chi connectivity index (χ1) is 12.3. The lowest BCUT2D eigenvalue weighted by molar-refractivity contribution is -0.0859. The maximum atomic E-state index is 5.93. The summed E-state index contributed by atoms with van der Waals surface area (Å²) >= 11 is 0. The van der Waals surface area contributed by atoms with Crippen LogP contribution in [0, 0.1) is 11.8 Å². The molecule has 0 saturated heterocycles. The Bertz CT molecular complexity index is 509. The molecule has 2 unspecified atom stereocenters. The highest BCUT2D eigenvalue weighted by molar-refractivity contribution is 5.18. The first-order valence-corrected chi connectivity index (χ1v) is 10.2. The molecule has 1 fully saturated rings. The fourth-order valence-electron chi connectivity index (χ4n) is 3.48. The first kappa shape index (κ1) is 21.2. The number of ether oxygens (including phenoxy) is 3. The summed E-state index contributed by atoms with van der Waals surface area (Å²) in [6.45, 7) is 13.7. The van der Waals surface area contributed by atoms with Gasteiger partial charge < -0.3 is 14.2 Å². The van der Waals surface area contributed by atoms with Crippen LogP contribution in [0.3, 0.4) is 0 Å². The van der Waals surface area contributed by atoms with Gasteiger partial charge in [-0.05, 0) is 57.9 Å². The van der Waals surface area contributed by atoms with Crippen LogP contribution in [0.2, 0.25) is 0 Å². The molecule has 0 N–H and O–H groups in total. The molecule has 1 saturated carbocycles. The van der Waals surface area contributed by atoms with Crippen LogP contribution in [0.5, 0.6) is 5.88 Å². The zero-order valence-corrected chi connectivity index (χ0v) is 17.4. The maximum Gasteiger partial charge on any atom is 0.213 e. The molecule has 4 nitrogen and oxygen atoms in total.